The van der Waals surface area contributed by atoms with Crippen molar-refractivity contribution >= 4 is 23.2 Å². The minimum absolute atomic E-state index is 0.446. The van der Waals surface area contributed by atoms with Crippen molar-refractivity contribution in [3.8, 4) is 5.75 Å². The molecule has 112 valence electrons. The summed E-state index contributed by atoms with van der Waals surface area (Å²) >= 11 is 5.96. The average Bonchev–Trinajstić information content (AvgIpc) is 2.46. The Balaban J connectivity index is 2.63. The van der Waals surface area contributed by atoms with Gasteiger partial charge in [-0.05, 0) is 31.5 Å². The molecule has 0 aromatic heterocycles. The highest BCUT2D eigenvalue weighted by atomic mass is 35.5. The third-order valence-electron chi connectivity index (χ3n) is 2.47. The van der Waals surface area contributed by atoms with Crippen LogP contribution in [0.25, 0.3) is 0 Å². The van der Waals surface area contributed by atoms with Crippen LogP contribution in [0, 0.1) is 0 Å². The molecule has 20 heavy (non-hydrogen) atoms. The van der Waals surface area contributed by atoms with Crippen molar-refractivity contribution in [1.82, 2.24) is 5.43 Å². The number of nitrogens with zero attached hydrogens (tertiary/aromatic N) is 1. The molecule has 0 fully saturated rings. The van der Waals surface area contributed by atoms with Crippen LogP contribution >= 0.6 is 11.6 Å². The lowest BCUT2D eigenvalue weighted by atomic mass is 10.3. The van der Waals surface area contributed by atoms with Crippen LogP contribution in [0.2, 0.25) is 5.02 Å². The van der Waals surface area contributed by atoms with Gasteiger partial charge in [-0.2, -0.15) is 0 Å². The number of hydrogen-bond donors (Lipinski definition) is 3. The molecule has 0 atom stereocenters. The predicted octanol–water partition coefficient (Wildman–Crippen LogP) is 2.01. The second-order valence-electron chi connectivity index (χ2n) is 3.89. The summed E-state index contributed by atoms with van der Waals surface area (Å²) in [4.78, 5) is 4.31. The number of guanidine groups is 1. The molecule has 0 bridgehead atoms. The van der Waals surface area contributed by atoms with Crippen LogP contribution in [-0.2, 0) is 4.74 Å². The van der Waals surface area contributed by atoms with Crippen molar-refractivity contribution in [1.29, 1.82) is 0 Å². The number of halogens is 1. The van der Waals surface area contributed by atoms with Crippen molar-refractivity contribution in [3.63, 3.8) is 0 Å². The quantitative estimate of drug-likeness (QED) is 0.236. The largest absolute Gasteiger partial charge is 0.495 e. The van der Waals surface area contributed by atoms with Gasteiger partial charge in [0.05, 0.1) is 12.8 Å². The van der Waals surface area contributed by atoms with Crippen molar-refractivity contribution in [2.24, 2.45) is 10.8 Å². The summed E-state index contributed by atoms with van der Waals surface area (Å²) in [5.74, 6) is 6.55. The number of ether oxygens (including phenoxy) is 2. The molecule has 0 saturated carbocycles. The van der Waals surface area contributed by atoms with E-state index in [4.69, 9.17) is 26.9 Å². The maximum absolute atomic E-state index is 5.96. The monoisotopic (exact) mass is 300 g/mol. The molecule has 0 saturated heterocycles. The number of rotatable bonds is 7. The van der Waals surface area contributed by atoms with E-state index >= 15 is 0 Å². The molecular formula is C13H21ClN4O2. The topological polar surface area (TPSA) is 80.9 Å². The second kappa shape index (κ2) is 9.41. The number of hydrogen-bond acceptors (Lipinski definition) is 4. The summed E-state index contributed by atoms with van der Waals surface area (Å²) in [6.07, 6.45) is 0.827. The molecule has 0 aliphatic rings. The van der Waals surface area contributed by atoms with E-state index in [0.29, 0.717) is 42.2 Å². The van der Waals surface area contributed by atoms with Gasteiger partial charge in [0.1, 0.15) is 5.75 Å². The normalized spacial score (nSPS) is 11.3. The second-order valence-corrected chi connectivity index (χ2v) is 4.33. The van der Waals surface area contributed by atoms with Crippen molar-refractivity contribution in [2.75, 3.05) is 32.2 Å². The first-order valence-corrected chi connectivity index (χ1v) is 6.78. The summed E-state index contributed by atoms with van der Waals surface area (Å²) in [6, 6.07) is 5.27. The summed E-state index contributed by atoms with van der Waals surface area (Å²) in [6.45, 7) is 3.96. The highest BCUT2D eigenvalue weighted by Crippen LogP contribution is 2.27. The summed E-state index contributed by atoms with van der Waals surface area (Å²) < 4.78 is 10.5. The number of hydrazine groups is 1. The highest BCUT2D eigenvalue weighted by molar-refractivity contribution is 6.31. The zero-order valence-corrected chi connectivity index (χ0v) is 12.5. The highest BCUT2D eigenvalue weighted by Gasteiger charge is 2.06. The van der Waals surface area contributed by atoms with Gasteiger partial charge in [0, 0.05) is 24.8 Å². The van der Waals surface area contributed by atoms with Gasteiger partial charge in [-0.1, -0.05) is 11.6 Å². The fraction of sp³-hybridized carbons (Fsp3) is 0.462. The van der Waals surface area contributed by atoms with Crippen LogP contribution in [0.3, 0.4) is 0 Å². The lowest BCUT2D eigenvalue weighted by Gasteiger charge is -2.13. The van der Waals surface area contributed by atoms with Crippen LogP contribution in [0.15, 0.2) is 23.2 Å². The fourth-order valence-electron chi connectivity index (χ4n) is 1.53. The Morgan fingerprint density at radius 3 is 2.90 bits per heavy atom. The summed E-state index contributed by atoms with van der Waals surface area (Å²) in [7, 11) is 1.59. The number of nitrogens with one attached hydrogen (secondary N) is 2. The molecule has 0 heterocycles. The van der Waals surface area contributed by atoms with Gasteiger partial charge in [-0.3, -0.25) is 10.4 Å². The Kier molecular flexibility index (Phi) is 7.79. The molecule has 4 N–H and O–H groups in total. The van der Waals surface area contributed by atoms with E-state index < -0.39 is 0 Å². The Morgan fingerprint density at radius 1 is 1.45 bits per heavy atom. The van der Waals surface area contributed by atoms with Gasteiger partial charge in [-0.25, -0.2) is 5.84 Å². The minimum atomic E-state index is 0.446. The molecule has 0 aliphatic heterocycles. The maximum Gasteiger partial charge on any atom is 0.210 e. The van der Waals surface area contributed by atoms with E-state index in [2.05, 4.69) is 15.7 Å². The lowest BCUT2D eigenvalue weighted by Crippen LogP contribution is -2.36. The third-order valence-corrected chi connectivity index (χ3v) is 2.71. The van der Waals surface area contributed by atoms with Gasteiger partial charge in [-0.15, -0.1) is 0 Å². The van der Waals surface area contributed by atoms with Crippen LogP contribution < -0.4 is 21.3 Å². The molecule has 0 aliphatic carbocycles. The van der Waals surface area contributed by atoms with Gasteiger partial charge in [0.15, 0.2) is 0 Å². The number of methoxy groups -OCH3 is 1. The SMILES string of the molecule is CCOCCCN=C(NN)Nc1cc(Cl)ccc1OC. The first-order chi connectivity index (χ1) is 9.71. The molecular weight excluding hydrogens is 280 g/mol. The molecule has 0 unspecified atom stereocenters. The minimum Gasteiger partial charge on any atom is -0.495 e. The van der Waals surface area contributed by atoms with E-state index in [-0.39, 0.29) is 0 Å². The zero-order valence-electron chi connectivity index (χ0n) is 11.8. The van der Waals surface area contributed by atoms with Crippen molar-refractivity contribution in [2.45, 2.75) is 13.3 Å². The van der Waals surface area contributed by atoms with Crippen molar-refractivity contribution < 1.29 is 9.47 Å². The van der Waals surface area contributed by atoms with E-state index in [9.17, 15) is 0 Å². The predicted molar refractivity (Wildman–Crippen MR) is 82.4 cm³/mol. The smallest absolute Gasteiger partial charge is 0.210 e. The Hall–Kier alpha value is -1.50. The first-order valence-electron chi connectivity index (χ1n) is 6.40. The number of benzene rings is 1. The third kappa shape index (κ3) is 5.64. The van der Waals surface area contributed by atoms with E-state index in [0.717, 1.165) is 6.42 Å². The molecule has 0 spiro atoms. The molecule has 1 rings (SSSR count). The Labute approximate surface area is 124 Å². The number of nitrogens with two attached hydrogens (primary N) is 1. The van der Waals surface area contributed by atoms with E-state index in [1.165, 1.54) is 0 Å². The Morgan fingerprint density at radius 2 is 2.25 bits per heavy atom. The standard InChI is InChI=1S/C13H21ClN4O2/c1-3-20-8-4-7-16-13(18-15)17-11-9-10(14)5-6-12(11)19-2/h5-6,9H,3-4,7-8,15H2,1-2H3,(H2,16,17,18). The number of anilines is 1. The summed E-state index contributed by atoms with van der Waals surface area (Å²) in [5, 5.41) is 3.64. The zero-order chi connectivity index (χ0) is 14.8. The van der Waals surface area contributed by atoms with Gasteiger partial charge in [0.2, 0.25) is 5.96 Å². The molecule has 0 amide bonds. The summed E-state index contributed by atoms with van der Waals surface area (Å²) in [5.41, 5.74) is 3.21. The average molecular weight is 301 g/mol. The van der Waals surface area contributed by atoms with E-state index in [1.54, 1.807) is 25.3 Å². The maximum atomic E-state index is 5.96. The number of aliphatic imine (C=N–C) groups is 1. The van der Waals surface area contributed by atoms with Crippen LogP contribution in [0.4, 0.5) is 5.69 Å². The van der Waals surface area contributed by atoms with Gasteiger partial charge in [0.25, 0.3) is 0 Å². The first kappa shape index (κ1) is 16.6. The Bertz CT molecular complexity index is 440. The van der Waals surface area contributed by atoms with Crippen molar-refractivity contribution in [3.05, 3.63) is 23.2 Å². The molecule has 7 heteroatoms. The molecule has 1 aromatic carbocycles. The van der Waals surface area contributed by atoms with Gasteiger partial charge < -0.3 is 14.8 Å². The fourth-order valence-corrected chi connectivity index (χ4v) is 1.70. The van der Waals surface area contributed by atoms with Crippen LogP contribution in [-0.4, -0.2) is 32.8 Å². The molecule has 0 radical (unpaired) electrons. The molecule has 1 aromatic rings. The van der Waals surface area contributed by atoms with Crippen LogP contribution in [0.5, 0.6) is 5.75 Å². The molecule has 6 nitrogen and oxygen atoms in total. The van der Waals surface area contributed by atoms with Crippen LogP contribution in [0.1, 0.15) is 13.3 Å². The van der Waals surface area contributed by atoms with E-state index in [1.807, 2.05) is 6.92 Å². The lowest BCUT2D eigenvalue weighted by molar-refractivity contribution is 0.146. The van der Waals surface area contributed by atoms with Gasteiger partial charge >= 0.3 is 0 Å².